The first-order valence-electron chi connectivity index (χ1n) is 12.7. The summed E-state index contributed by atoms with van der Waals surface area (Å²) in [5, 5.41) is 12.7. The predicted octanol–water partition coefficient (Wildman–Crippen LogP) is 2.58. The number of carbonyl (C=O) groups excluding carboxylic acids is 2. The van der Waals surface area contributed by atoms with Crippen LogP contribution in [0.25, 0.3) is 0 Å². The second kappa shape index (κ2) is 11.3. The van der Waals surface area contributed by atoms with Gasteiger partial charge in [-0.2, -0.15) is 4.31 Å². The highest BCUT2D eigenvalue weighted by Gasteiger charge is 2.36. The van der Waals surface area contributed by atoms with E-state index >= 15 is 0 Å². The molecule has 3 atom stereocenters. The molecular formula is C27H35N3O7S. The summed E-state index contributed by atoms with van der Waals surface area (Å²) in [4.78, 5) is 27.5. The van der Waals surface area contributed by atoms with Crippen LogP contribution < -0.4 is 14.8 Å². The third-order valence-corrected chi connectivity index (χ3v) is 8.92. The van der Waals surface area contributed by atoms with Crippen molar-refractivity contribution in [2.24, 2.45) is 11.8 Å². The molecule has 1 fully saturated rings. The number of ether oxygens (including phenoxy) is 2. The molecule has 0 saturated heterocycles. The second-order valence-corrected chi connectivity index (χ2v) is 12.1. The molecule has 0 bridgehead atoms. The molecule has 2 aromatic rings. The van der Waals surface area contributed by atoms with Gasteiger partial charge in [0.15, 0.2) is 0 Å². The van der Waals surface area contributed by atoms with E-state index in [0.717, 1.165) is 12.8 Å². The molecule has 10 nitrogen and oxygen atoms in total. The van der Waals surface area contributed by atoms with E-state index in [0.29, 0.717) is 17.2 Å². The lowest BCUT2D eigenvalue weighted by Crippen LogP contribution is -2.50. The van der Waals surface area contributed by atoms with Crippen LogP contribution in [-0.2, 0) is 14.8 Å². The lowest BCUT2D eigenvalue weighted by atomic mass is 9.99. The first-order valence-corrected chi connectivity index (χ1v) is 14.1. The van der Waals surface area contributed by atoms with Crippen LogP contribution in [0.4, 0.5) is 5.69 Å². The number of aliphatic hydroxyl groups is 1. The Labute approximate surface area is 223 Å². The molecule has 206 valence electrons. The zero-order chi connectivity index (χ0) is 27.6. The Balaban J connectivity index is 1.63. The van der Waals surface area contributed by atoms with Crippen molar-refractivity contribution in [3.63, 3.8) is 0 Å². The van der Waals surface area contributed by atoms with Gasteiger partial charge in [-0.3, -0.25) is 9.59 Å². The predicted molar refractivity (Wildman–Crippen MR) is 142 cm³/mol. The van der Waals surface area contributed by atoms with Crippen molar-refractivity contribution in [3.8, 4) is 11.5 Å². The molecule has 38 heavy (non-hydrogen) atoms. The van der Waals surface area contributed by atoms with Gasteiger partial charge in [-0.25, -0.2) is 8.42 Å². The summed E-state index contributed by atoms with van der Waals surface area (Å²) >= 11 is 0. The van der Waals surface area contributed by atoms with Crippen LogP contribution in [-0.4, -0.2) is 80.5 Å². The molecular weight excluding hydrogens is 510 g/mol. The van der Waals surface area contributed by atoms with Gasteiger partial charge in [0.1, 0.15) is 17.6 Å². The normalized spacial score (nSPS) is 20.7. The number of amides is 2. The molecule has 2 aromatic carbocycles. The summed E-state index contributed by atoms with van der Waals surface area (Å²) in [6.07, 6.45) is 1.11. The van der Waals surface area contributed by atoms with Gasteiger partial charge in [0.2, 0.25) is 15.9 Å². The maximum atomic E-state index is 13.6. The molecule has 0 aromatic heterocycles. The Morgan fingerprint density at radius 2 is 1.92 bits per heavy atom. The van der Waals surface area contributed by atoms with Crippen molar-refractivity contribution >= 4 is 27.5 Å². The number of carbonyl (C=O) groups is 2. The van der Waals surface area contributed by atoms with Crippen LogP contribution in [0, 0.1) is 11.8 Å². The molecule has 4 rings (SSSR count). The number of nitrogens with one attached hydrogen (secondary N) is 1. The van der Waals surface area contributed by atoms with Crippen LogP contribution in [0.15, 0.2) is 47.4 Å². The van der Waals surface area contributed by atoms with Crippen LogP contribution >= 0.6 is 0 Å². The minimum absolute atomic E-state index is 0.00305. The average Bonchev–Trinajstić information content (AvgIpc) is 3.76. The number of sulfonamides is 1. The summed E-state index contributed by atoms with van der Waals surface area (Å²) in [7, 11) is -0.822. The number of fused-ring (bicyclic) bond motifs is 1. The third kappa shape index (κ3) is 5.95. The summed E-state index contributed by atoms with van der Waals surface area (Å²) in [5.41, 5.74) is 0.732. The van der Waals surface area contributed by atoms with Crippen molar-refractivity contribution in [1.29, 1.82) is 0 Å². The molecule has 0 unspecified atom stereocenters. The van der Waals surface area contributed by atoms with Gasteiger partial charge in [-0.05, 0) is 62.2 Å². The van der Waals surface area contributed by atoms with Gasteiger partial charge < -0.3 is 24.8 Å². The Morgan fingerprint density at radius 3 is 2.53 bits per heavy atom. The fourth-order valence-corrected chi connectivity index (χ4v) is 5.57. The highest BCUT2D eigenvalue weighted by atomic mass is 32.2. The highest BCUT2D eigenvalue weighted by molar-refractivity contribution is 7.89. The molecule has 2 N–H and O–H groups in total. The number of methoxy groups -OCH3 is 1. The zero-order valence-electron chi connectivity index (χ0n) is 22.1. The topological polar surface area (TPSA) is 125 Å². The Morgan fingerprint density at radius 1 is 1.24 bits per heavy atom. The van der Waals surface area contributed by atoms with Crippen molar-refractivity contribution in [1.82, 2.24) is 9.21 Å². The zero-order valence-corrected chi connectivity index (χ0v) is 22.9. The van der Waals surface area contributed by atoms with Crippen molar-refractivity contribution in [3.05, 3.63) is 48.0 Å². The number of benzene rings is 2. The fraction of sp³-hybridized carbons (Fsp3) is 0.481. The van der Waals surface area contributed by atoms with E-state index < -0.39 is 22.2 Å². The standard InChI is InChI=1S/C27H35N3O7S/c1-17-14-30(18(2)16-31)27(33)23-13-20(28-26(32)19-5-6-19)7-12-24(23)37-25(17)15-29(3)38(34,35)22-10-8-21(36-4)9-11-22/h7-13,17-19,25,31H,5-6,14-16H2,1-4H3,(H,28,32)/t17-,18+,25+/m0/s1. The monoisotopic (exact) mass is 545 g/mol. The first-order chi connectivity index (χ1) is 18.0. The number of hydrogen-bond acceptors (Lipinski definition) is 7. The molecule has 2 aliphatic rings. The van der Waals surface area contributed by atoms with Gasteiger partial charge in [-0.15, -0.1) is 0 Å². The molecule has 0 radical (unpaired) electrons. The number of hydrogen-bond donors (Lipinski definition) is 2. The summed E-state index contributed by atoms with van der Waals surface area (Å²) < 4.78 is 39.2. The van der Waals surface area contributed by atoms with Crippen molar-refractivity contribution in [2.45, 2.75) is 43.7 Å². The molecule has 0 spiro atoms. The summed E-state index contributed by atoms with van der Waals surface area (Å²) in [6.45, 7) is 3.69. The quantitative estimate of drug-likeness (QED) is 0.496. The lowest BCUT2D eigenvalue weighted by Gasteiger charge is -2.38. The van der Waals surface area contributed by atoms with Gasteiger partial charge >= 0.3 is 0 Å². The Bertz CT molecular complexity index is 1280. The maximum absolute atomic E-state index is 13.6. The maximum Gasteiger partial charge on any atom is 0.258 e. The highest BCUT2D eigenvalue weighted by Crippen LogP contribution is 2.33. The third-order valence-electron chi connectivity index (χ3n) is 7.09. The van der Waals surface area contributed by atoms with Crippen LogP contribution in [0.3, 0.4) is 0 Å². The van der Waals surface area contributed by atoms with E-state index in [9.17, 15) is 23.1 Å². The minimum atomic E-state index is -3.82. The van der Waals surface area contributed by atoms with Crippen LogP contribution in [0.5, 0.6) is 11.5 Å². The number of anilines is 1. The molecule has 2 amide bonds. The van der Waals surface area contributed by atoms with E-state index in [1.54, 1.807) is 42.2 Å². The minimum Gasteiger partial charge on any atom is -0.497 e. The van der Waals surface area contributed by atoms with E-state index in [4.69, 9.17) is 9.47 Å². The molecule has 1 aliphatic heterocycles. The SMILES string of the molecule is COc1ccc(S(=O)(=O)N(C)C[C@H]2Oc3ccc(NC(=O)C4CC4)cc3C(=O)N([C@H](C)CO)C[C@@H]2C)cc1. The van der Waals surface area contributed by atoms with E-state index in [2.05, 4.69) is 5.32 Å². The average molecular weight is 546 g/mol. The summed E-state index contributed by atoms with van der Waals surface area (Å²) in [6, 6.07) is 10.6. The number of rotatable bonds is 9. The largest absolute Gasteiger partial charge is 0.497 e. The fourth-order valence-electron chi connectivity index (χ4n) is 4.39. The molecule has 1 aliphatic carbocycles. The van der Waals surface area contributed by atoms with E-state index in [1.165, 1.54) is 30.6 Å². The van der Waals surface area contributed by atoms with Crippen LogP contribution in [0.2, 0.25) is 0 Å². The van der Waals surface area contributed by atoms with Gasteiger partial charge in [0, 0.05) is 31.1 Å². The van der Waals surface area contributed by atoms with E-state index in [-0.39, 0.29) is 53.8 Å². The molecule has 1 heterocycles. The molecule has 1 saturated carbocycles. The van der Waals surface area contributed by atoms with Gasteiger partial charge in [0.05, 0.1) is 36.8 Å². The number of likely N-dealkylation sites (N-methyl/N-ethyl adjacent to an activating group) is 1. The second-order valence-electron chi connectivity index (χ2n) is 10.1. The first kappa shape index (κ1) is 27.9. The number of nitrogens with zero attached hydrogens (tertiary/aromatic N) is 2. The van der Waals surface area contributed by atoms with Crippen molar-refractivity contribution in [2.75, 3.05) is 39.2 Å². The van der Waals surface area contributed by atoms with E-state index in [1.807, 2.05) is 6.92 Å². The van der Waals surface area contributed by atoms with Crippen molar-refractivity contribution < 1.29 is 32.6 Å². The number of aliphatic hydroxyl groups excluding tert-OH is 1. The summed E-state index contributed by atoms with van der Waals surface area (Å²) in [5.74, 6) is 0.180. The Hall–Kier alpha value is -3.15. The molecule has 11 heteroatoms. The lowest BCUT2D eigenvalue weighted by molar-refractivity contribution is -0.117. The smallest absolute Gasteiger partial charge is 0.258 e. The van der Waals surface area contributed by atoms with Gasteiger partial charge in [-0.1, -0.05) is 6.92 Å². The van der Waals surface area contributed by atoms with Gasteiger partial charge in [0.25, 0.3) is 5.91 Å². The Kier molecular flexibility index (Phi) is 8.29. The van der Waals surface area contributed by atoms with Crippen LogP contribution in [0.1, 0.15) is 37.0 Å².